The molecule has 1 aromatic carbocycles. The van der Waals surface area contributed by atoms with Gasteiger partial charge in [0.15, 0.2) is 5.65 Å². The minimum absolute atomic E-state index is 0.0450. The summed E-state index contributed by atoms with van der Waals surface area (Å²) in [4.78, 5) is 25.0. The van der Waals surface area contributed by atoms with Crippen LogP contribution in [0.2, 0.25) is 0 Å². The monoisotopic (exact) mass is 472 g/mol. The first kappa shape index (κ1) is 23.1. The maximum atomic E-state index is 12.4. The average molecular weight is 473 g/mol. The first-order valence-electron chi connectivity index (χ1n) is 12.2. The summed E-state index contributed by atoms with van der Waals surface area (Å²) in [6.07, 6.45) is 8.14. The maximum Gasteiger partial charge on any atom is 0.408 e. The number of ether oxygens (including phenoxy) is 1. The van der Waals surface area contributed by atoms with Crippen LogP contribution in [0, 0.1) is 0 Å². The summed E-state index contributed by atoms with van der Waals surface area (Å²) in [5, 5.41) is 7.49. The van der Waals surface area contributed by atoms with E-state index in [9.17, 15) is 4.79 Å². The van der Waals surface area contributed by atoms with Crippen LogP contribution in [-0.2, 0) is 11.2 Å². The third kappa shape index (κ3) is 4.78. The summed E-state index contributed by atoms with van der Waals surface area (Å²) in [5.41, 5.74) is 6.55. The van der Waals surface area contributed by atoms with Crippen molar-refractivity contribution in [2.45, 2.75) is 71.6 Å². The van der Waals surface area contributed by atoms with E-state index in [2.05, 4.69) is 52.4 Å². The number of alkyl carbamates (subject to hydrolysis) is 1. The molecule has 182 valence electrons. The standard InChI is InChI=1S/C27H32N6O2/c1-16(2)33-15-19(14-29-33)24-31-23-21(11-12-28-25(23)32-24)18-9-10-20-17(13-18)7-6-8-22(20)30-26(34)35-27(3,4)5/h9-16,22H,6-8H2,1-5H3,(H,30,34)(H,28,31,32). The fourth-order valence-corrected chi connectivity index (χ4v) is 4.61. The lowest BCUT2D eigenvalue weighted by Crippen LogP contribution is -2.36. The SMILES string of the molecule is CC(C)n1cc(-c2nc3nccc(-c4ccc5c(c4)CCCC5NC(=O)OC(C)(C)C)c3[nH]2)cn1. The molecule has 8 nitrogen and oxygen atoms in total. The van der Waals surface area contributed by atoms with Crippen molar-refractivity contribution in [2.75, 3.05) is 0 Å². The number of fused-ring (bicyclic) bond motifs is 2. The predicted molar refractivity (Wildman–Crippen MR) is 136 cm³/mol. The lowest BCUT2D eigenvalue weighted by atomic mass is 9.85. The largest absolute Gasteiger partial charge is 0.444 e. The van der Waals surface area contributed by atoms with Crippen LogP contribution in [0.4, 0.5) is 4.79 Å². The molecule has 3 heterocycles. The van der Waals surface area contributed by atoms with Gasteiger partial charge in [-0.05, 0) is 76.6 Å². The van der Waals surface area contributed by atoms with Crippen molar-refractivity contribution in [3.63, 3.8) is 0 Å². The summed E-state index contributed by atoms with van der Waals surface area (Å²) in [7, 11) is 0. The number of H-pyrrole nitrogens is 1. The number of hydrogen-bond acceptors (Lipinski definition) is 5. The molecule has 5 rings (SSSR count). The van der Waals surface area contributed by atoms with Crippen LogP contribution in [0.25, 0.3) is 33.7 Å². The highest BCUT2D eigenvalue weighted by atomic mass is 16.6. The molecule has 1 unspecified atom stereocenters. The zero-order chi connectivity index (χ0) is 24.7. The van der Waals surface area contributed by atoms with Crippen molar-refractivity contribution >= 4 is 17.3 Å². The van der Waals surface area contributed by atoms with Crippen LogP contribution in [0.3, 0.4) is 0 Å². The molecule has 0 spiro atoms. The zero-order valence-corrected chi connectivity index (χ0v) is 20.9. The number of aryl methyl sites for hydroxylation is 1. The van der Waals surface area contributed by atoms with Crippen molar-refractivity contribution in [1.29, 1.82) is 0 Å². The second-order valence-electron chi connectivity index (χ2n) is 10.4. The minimum Gasteiger partial charge on any atom is -0.444 e. The van der Waals surface area contributed by atoms with Crippen LogP contribution in [0.15, 0.2) is 42.9 Å². The number of carbonyl (C=O) groups excluding carboxylic acids is 1. The van der Waals surface area contributed by atoms with Crippen LogP contribution in [0.1, 0.15) is 70.7 Å². The second kappa shape index (κ2) is 8.83. The van der Waals surface area contributed by atoms with Crippen molar-refractivity contribution in [3.05, 3.63) is 54.0 Å². The first-order chi connectivity index (χ1) is 16.7. The van der Waals surface area contributed by atoms with E-state index >= 15 is 0 Å². The molecule has 1 aliphatic rings. The normalized spacial score (nSPS) is 15.9. The van der Waals surface area contributed by atoms with Gasteiger partial charge in [0, 0.05) is 24.0 Å². The first-order valence-corrected chi connectivity index (χ1v) is 12.2. The van der Waals surface area contributed by atoms with Gasteiger partial charge in [0.2, 0.25) is 0 Å². The summed E-state index contributed by atoms with van der Waals surface area (Å²) in [5.74, 6) is 0.756. The van der Waals surface area contributed by atoms with E-state index in [-0.39, 0.29) is 18.2 Å². The number of nitrogens with zero attached hydrogens (tertiary/aromatic N) is 4. The Labute approximate surface area is 205 Å². The van der Waals surface area contributed by atoms with Crippen molar-refractivity contribution in [3.8, 4) is 22.5 Å². The molecule has 1 atom stereocenters. The van der Waals surface area contributed by atoms with E-state index in [0.29, 0.717) is 5.65 Å². The highest BCUT2D eigenvalue weighted by molar-refractivity contribution is 5.91. The Kier molecular flexibility index (Phi) is 5.83. The van der Waals surface area contributed by atoms with Crippen LogP contribution in [0.5, 0.6) is 0 Å². The van der Waals surface area contributed by atoms with Crippen molar-refractivity contribution in [1.82, 2.24) is 30.0 Å². The summed E-state index contributed by atoms with van der Waals surface area (Å²) >= 11 is 0. The van der Waals surface area contributed by atoms with Gasteiger partial charge in [-0.25, -0.2) is 14.8 Å². The molecule has 2 N–H and O–H groups in total. The molecule has 8 heteroatoms. The van der Waals surface area contributed by atoms with Crippen molar-refractivity contribution < 1.29 is 9.53 Å². The Bertz CT molecular complexity index is 1380. The molecule has 1 amide bonds. The summed E-state index contributed by atoms with van der Waals surface area (Å²) < 4.78 is 7.39. The fraction of sp³-hybridized carbons (Fsp3) is 0.407. The number of amides is 1. The van der Waals surface area contributed by atoms with Gasteiger partial charge in [-0.3, -0.25) is 4.68 Å². The molecule has 0 bridgehead atoms. The van der Waals surface area contributed by atoms with Crippen LogP contribution in [-0.4, -0.2) is 36.4 Å². The number of imidazole rings is 1. The van der Waals surface area contributed by atoms with Gasteiger partial charge in [-0.1, -0.05) is 18.2 Å². The smallest absolute Gasteiger partial charge is 0.408 e. The quantitative estimate of drug-likeness (QED) is 0.381. The zero-order valence-electron chi connectivity index (χ0n) is 20.9. The topological polar surface area (TPSA) is 97.7 Å². The van der Waals surface area contributed by atoms with E-state index in [1.165, 1.54) is 5.56 Å². The van der Waals surface area contributed by atoms with E-state index in [1.807, 2.05) is 43.9 Å². The summed E-state index contributed by atoms with van der Waals surface area (Å²) in [6, 6.07) is 8.72. The third-order valence-electron chi connectivity index (χ3n) is 6.26. The Morgan fingerprint density at radius 2 is 2.06 bits per heavy atom. The third-order valence-corrected chi connectivity index (χ3v) is 6.26. The molecule has 4 aromatic rings. The molecular formula is C27H32N6O2. The van der Waals surface area contributed by atoms with Gasteiger partial charge in [0.1, 0.15) is 11.4 Å². The van der Waals surface area contributed by atoms with Gasteiger partial charge >= 0.3 is 6.09 Å². The van der Waals surface area contributed by atoms with Crippen molar-refractivity contribution in [2.24, 2.45) is 0 Å². The average Bonchev–Trinajstić information content (AvgIpc) is 3.45. The predicted octanol–water partition coefficient (Wildman–Crippen LogP) is 5.97. The lowest BCUT2D eigenvalue weighted by molar-refractivity contribution is 0.0498. The molecule has 35 heavy (non-hydrogen) atoms. The van der Waals surface area contributed by atoms with Crippen LogP contribution < -0.4 is 5.32 Å². The van der Waals surface area contributed by atoms with Gasteiger partial charge in [-0.15, -0.1) is 0 Å². The van der Waals surface area contributed by atoms with Crippen LogP contribution >= 0.6 is 0 Å². The molecule has 0 saturated heterocycles. The number of hydrogen-bond donors (Lipinski definition) is 2. The molecule has 0 saturated carbocycles. The lowest BCUT2D eigenvalue weighted by Gasteiger charge is -2.28. The Balaban J connectivity index is 1.45. The van der Waals surface area contributed by atoms with E-state index in [1.54, 1.807) is 6.20 Å². The fourth-order valence-electron chi connectivity index (χ4n) is 4.61. The van der Waals surface area contributed by atoms with Gasteiger partial charge in [-0.2, -0.15) is 5.10 Å². The number of aromatic nitrogens is 5. The van der Waals surface area contributed by atoms with Gasteiger partial charge in [0.05, 0.1) is 23.3 Å². The maximum absolute atomic E-state index is 12.4. The van der Waals surface area contributed by atoms with E-state index in [0.717, 1.165) is 52.9 Å². The number of pyridine rings is 1. The number of nitrogens with one attached hydrogen (secondary N) is 2. The Morgan fingerprint density at radius 3 is 2.80 bits per heavy atom. The number of benzene rings is 1. The Hall–Kier alpha value is -3.68. The molecule has 3 aromatic heterocycles. The van der Waals surface area contributed by atoms with E-state index < -0.39 is 5.60 Å². The van der Waals surface area contributed by atoms with E-state index in [4.69, 9.17) is 9.72 Å². The van der Waals surface area contributed by atoms with Gasteiger partial charge in [0.25, 0.3) is 0 Å². The highest BCUT2D eigenvalue weighted by Gasteiger charge is 2.25. The van der Waals surface area contributed by atoms with Gasteiger partial charge < -0.3 is 15.0 Å². The molecule has 0 aliphatic heterocycles. The Morgan fingerprint density at radius 1 is 1.23 bits per heavy atom. The molecule has 0 fully saturated rings. The number of aromatic amines is 1. The minimum atomic E-state index is -0.519. The molecule has 0 radical (unpaired) electrons. The molecule has 1 aliphatic carbocycles. The second-order valence-corrected chi connectivity index (χ2v) is 10.4. The molecular weight excluding hydrogens is 440 g/mol. The summed E-state index contributed by atoms with van der Waals surface area (Å²) in [6.45, 7) is 9.82. The highest BCUT2D eigenvalue weighted by Crippen LogP contribution is 2.35. The number of rotatable bonds is 4. The number of carbonyl (C=O) groups is 1.